The minimum absolute atomic E-state index is 0.326. The van der Waals surface area contributed by atoms with Gasteiger partial charge in [0.15, 0.2) is 0 Å². The highest BCUT2D eigenvalue weighted by Gasteiger charge is 2.11. The molecule has 0 amide bonds. The van der Waals surface area contributed by atoms with E-state index >= 15 is 0 Å². The Morgan fingerprint density at radius 3 is 1.08 bits per heavy atom. The zero-order valence-corrected chi connectivity index (χ0v) is 23.8. The predicted octanol–water partition coefficient (Wildman–Crippen LogP) is 9.55. The van der Waals surface area contributed by atoms with Crippen LogP contribution in [0.15, 0.2) is 24.3 Å². The van der Waals surface area contributed by atoms with Gasteiger partial charge in [0.2, 0.25) is 0 Å². The van der Waals surface area contributed by atoms with Crippen molar-refractivity contribution in [3.63, 3.8) is 0 Å². The summed E-state index contributed by atoms with van der Waals surface area (Å²) in [4.78, 5) is 24.5. The second-order valence-electron chi connectivity index (χ2n) is 11.2. The molecule has 0 N–H and O–H groups in total. The summed E-state index contributed by atoms with van der Waals surface area (Å²) < 4.78 is 10.8. The van der Waals surface area contributed by atoms with Gasteiger partial charge < -0.3 is 9.47 Å². The molecule has 0 heterocycles. The van der Waals surface area contributed by atoms with Gasteiger partial charge >= 0.3 is 11.9 Å². The molecule has 0 aliphatic rings. The SMILES string of the molecule is CC(C)CCCCCCCCCOC(=O)c1ccc(C(=O)OCCCCCCCCCC(C)C)cc1. The van der Waals surface area contributed by atoms with E-state index in [4.69, 9.17) is 9.47 Å². The molecule has 1 rings (SSSR count). The van der Waals surface area contributed by atoms with E-state index < -0.39 is 0 Å². The quantitative estimate of drug-likeness (QED) is 0.117. The predicted molar refractivity (Wildman–Crippen MR) is 151 cm³/mol. The van der Waals surface area contributed by atoms with E-state index in [1.54, 1.807) is 24.3 Å². The maximum atomic E-state index is 12.2. The van der Waals surface area contributed by atoms with Crippen molar-refractivity contribution in [2.45, 2.75) is 130 Å². The molecule has 0 saturated carbocycles. The third-order valence-corrected chi connectivity index (χ3v) is 6.67. The molecule has 0 radical (unpaired) electrons. The maximum absolute atomic E-state index is 12.2. The Hall–Kier alpha value is -1.84. The Bertz CT molecular complexity index is 619. The van der Waals surface area contributed by atoms with E-state index in [1.165, 1.54) is 77.0 Å². The normalized spacial score (nSPS) is 11.3. The van der Waals surface area contributed by atoms with Crippen LogP contribution in [0.3, 0.4) is 0 Å². The van der Waals surface area contributed by atoms with Gasteiger partial charge in [-0.15, -0.1) is 0 Å². The smallest absolute Gasteiger partial charge is 0.338 e. The van der Waals surface area contributed by atoms with E-state index in [2.05, 4.69) is 27.7 Å². The molecule has 0 saturated heterocycles. The van der Waals surface area contributed by atoms with Crippen LogP contribution in [0.5, 0.6) is 0 Å². The molecular formula is C32H54O4. The van der Waals surface area contributed by atoms with Gasteiger partial charge in [-0.2, -0.15) is 0 Å². The van der Waals surface area contributed by atoms with E-state index in [-0.39, 0.29) is 11.9 Å². The van der Waals surface area contributed by atoms with Gasteiger partial charge in [-0.25, -0.2) is 9.59 Å². The number of rotatable bonds is 22. The Morgan fingerprint density at radius 2 is 0.778 bits per heavy atom. The number of esters is 2. The molecule has 0 unspecified atom stereocenters. The molecule has 0 fully saturated rings. The molecule has 0 aliphatic heterocycles. The fourth-order valence-corrected chi connectivity index (χ4v) is 4.32. The first-order valence-corrected chi connectivity index (χ1v) is 14.8. The van der Waals surface area contributed by atoms with Gasteiger partial charge in [0.05, 0.1) is 24.3 Å². The van der Waals surface area contributed by atoms with Crippen molar-refractivity contribution >= 4 is 11.9 Å². The number of hydrogen-bond acceptors (Lipinski definition) is 4. The molecule has 1 aromatic carbocycles. The topological polar surface area (TPSA) is 52.6 Å². The van der Waals surface area contributed by atoms with Crippen LogP contribution in [0.25, 0.3) is 0 Å². The van der Waals surface area contributed by atoms with Crippen LogP contribution < -0.4 is 0 Å². The highest BCUT2D eigenvalue weighted by molar-refractivity contribution is 5.93. The molecule has 0 spiro atoms. The van der Waals surface area contributed by atoms with Crippen LogP contribution in [0, 0.1) is 11.8 Å². The van der Waals surface area contributed by atoms with Crippen LogP contribution >= 0.6 is 0 Å². The van der Waals surface area contributed by atoms with Crippen molar-refractivity contribution in [2.24, 2.45) is 11.8 Å². The maximum Gasteiger partial charge on any atom is 0.338 e. The molecule has 0 atom stereocenters. The third kappa shape index (κ3) is 17.6. The fourth-order valence-electron chi connectivity index (χ4n) is 4.32. The van der Waals surface area contributed by atoms with Crippen LogP contribution in [0.4, 0.5) is 0 Å². The largest absolute Gasteiger partial charge is 0.462 e. The highest BCUT2D eigenvalue weighted by Crippen LogP contribution is 2.14. The number of hydrogen-bond donors (Lipinski definition) is 0. The van der Waals surface area contributed by atoms with Crippen molar-refractivity contribution in [2.75, 3.05) is 13.2 Å². The fraction of sp³-hybridized carbons (Fsp3) is 0.750. The standard InChI is InChI=1S/C32H54O4/c1-27(2)19-15-11-7-5-9-13-17-25-35-31(33)29-21-23-30(24-22-29)32(34)36-26-18-14-10-6-8-12-16-20-28(3)4/h21-24,27-28H,5-20,25-26H2,1-4H3. The summed E-state index contributed by atoms with van der Waals surface area (Å²) >= 11 is 0. The second-order valence-corrected chi connectivity index (χ2v) is 11.2. The number of ether oxygens (including phenoxy) is 2. The molecule has 4 nitrogen and oxygen atoms in total. The van der Waals surface area contributed by atoms with Gasteiger partial charge in [0.25, 0.3) is 0 Å². The number of carbonyl (C=O) groups excluding carboxylic acids is 2. The molecule has 1 aromatic rings. The Kier molecular flexibility index (Phi) is 19.0. The summed E-state index contributed by atoms with van der Waals surface area (Å²) in [7, 11) is 0. The van der Waals surface area contributed by atoms with Crippen LogP contribution in [-0.4, -0.2) is 25.2 Å². The third-order valence-electron chi connectivity index (χ3n) is 6.67. The van der Waals surface area contributed by atoms with E-state index in [1.807, 2.05) is 0 Å². The summed E-state index contributed by atoms with van der Waals surface area (Å²) in [6, 6.07) is 6.59. The number of unbranched alkanes of at least 4 members (excludes halogenated alkanes) is 12. The van der Waals surface area contributed by atoms with Crippen molar-refractivity contribution in [1.29, 1.82) is 0 Å². The molecule has 36 heavy (non-hydrogen) atoms. The first kappa shape index (κ1) is 32.2. The lowest BCUT2D eigenvalue weighted by atomic mass is 10.0. The Balaban J connectivity index is 2.06. The summed E-state index contributed by atoms with van der Waals surface area (Å²) in [6.07, 6.45) is 19.5. The minimum Gasteiger partial charge on any atom is -0.462 e. The van der Waals surface area contributed by atoms with Crippen molar-refractivity contribution < 1.29 is 19.1 Å². The average Bonchev–Trinajstić information content (AvgIpc) is 2.85. The van der Waals surface area contributed by atoms with Crippen LogP contribution in [0.1, 0.15) is 151 Å². The van der Waals surface area contributed by atoms with Crippen molar-refractivity contribution in [1.82, 2.24) is 0 Å². The molecule has 206 valence electrons. The van der Waals surface area contributed by atoms with Crippen LogP contribution in [-0.2, 0) is 9.47 Å². The van der Waals surface area contributed by atoms with E-state index in [9.17, 15) is 9.59 Å². The lowest BCUT2D eigenvalue weighted by Gasteiger charge is -2.07. The van der Waals surface area contributed by atoms with Gasteiger partial charge in [0, 0.05) is 0 Å². The zero-order valence-electron chi connectivity index (χ0n) is 23.8. The van der Waals surface area contributed by atoms with Crippen LogP contribution in [0.2, 0.25) is 0 Å². The molecule has 0 aliphatic carbocycles. The highest BCUT2D eigenvalue weighted by atomic mass is 16.5. The first-order valence-electron chi connectivity index (χ1n) is 14.8. The lowest BCUT2D eigenvalue weighted by Crippen LogP contribution is -2.09. The van der Waals surface area contributed by atoms with Gasteiger partial charge in [-0.05, 0) is 48.9 Å². The summed E-state index contributed by atoms with van der Waals surface area (Å²) in [5.41, 5.74) is 0.954. The van der Waals surface area contributed by atoms with Gasteiger partial charge in [0.1, 0.15) is 0 Å². The van der Waals surface area contributed by atoms with Crippen molar-refractivity contribution in [3.8, 4) is 0 Å². The summed E-state index contributed by atoms with van der Waals surface area (Å²) in [5, 5.41) is 0. The minimum atomic E-state index is -0.326. The Labute approximate surface area is 221 Å². The molecular weight excluding hydrogens is 448 g/mol. The Morgan fingerprint density at radius 1 is 0.500 bits per heavy atom. The van der Waals surface area contributed by atoms with Crippen molar-refractivity contribution in [3.05, 3.63) is 35.4 Å². The van der Waals surface area contributed by atoms with E-state index in [0.717, 1.165) is 37.5 Å². The monoisotopic (exact) mass is 502 g/mol. The average molecular weight is 503 g/mol. The molecule has 0 bridgehead atoms. The number of benzene rings is 1. The second kappa shape index (κ2) is 21.3. The van der Waals surface area contributed by atoms with Gasteiger partial charge in [-0.1, -0.05) is 118 Å². The van der Waals surface area contributed by atoms with Gasteiger partial charge in [-0.3, -0.25) is 0 Å². The summed E-state index contributed by atoms with van der Waals surface area (Å²) in [6.45, 7) is 10.0. The lowest BCUT2D eigenvalue weighted by molar-refractivity contribution is 0.0483. The summed E-state index contributed by atoms with van der Waals surface area (Å²) in [5.74, 6) is 0.965. The zero-order chi connectivity index (χ0) is 26.4. The van der Waals surface area contributed by atoms with E-state index in [0.29, 0.717) is 24.3 Å². The molecule has 0 aromatic heterocycles. The first-order chi connectivity index (χ1) is 17.4. The molecule has 4 heteroatoms. The number of carbonyl (C=O) groups is 2.